The minimum absolute atomic E-state index is 0.263. The van der Waals surface area contributed by atoms with Crippen molar-refractivity contribution in [1.29, 1.82) is 0 Å². The Bertz CT molecular complexity index is 1070. The number of hydrogen-bond donors (Lipinski definition) is 2. The van der Waals surface area contributed by atoms with Gasteiger partial charge in [0.15, 0.2) is 5.58 Å². The summed E-state index contributed by atoms with van der Waals surface area (Å²) in [5.74, 6) is -0.137. The molecule has 6 nitrogen and oxygen atoms in total. The second-order valence-corrected chi connectivity index (χ2v) is 7.15. The molecule has 3 aromatic rings. The van der Waals surface area contributed by atoms with Gasteiger partial charge >= 0.3 is 0 Å². The molecule has 8 heteroatoms. The highest BCUT2D eigenvalue weighted by molar-refractivity contribution is 8.26. The lowest BCUT2D eigenvalue weighted by Gasteiger charge is -2.04. The minimum atomic E-state index is -0.322. The molecule has 2 N–H and O–H groups in total. The van der Waals surface area contributed by atoms with E-state index in [0.29, 0.717) is 37.2 Å². The summed E-state index contributed by atoms with van der Waals surface area (Å²) in [6.07, 6.45) is 4.65. The Morgan fingerprint density at radius 3 is 2.81 bits per heavy atom. The Balaban J connectivity index is 1.68. The number of pyridine rings is 1. The quantitative estimate of drug-likeness (QED) is 0.533. The van der Waals surface area contributed by atoms with E-state index in [9.17, 15) is 9.59 Å². The average molecular weight is 381 g/mol. The largest absolute Gasteiger partial charge is 0.456 e. The van der Waals surface area contributed by atoms with Crippen LogP contribution in [0.5, 0.6) is 0 Å². The normalized spacial score (nSPS) is 15.5. The molecule has 4 rings (SSSR count). The van der Waals surface area contributed by atoms with E-state index in [4.69, 9.17) is 16.6 Å². The van der Waals surface area contributed by atoms with Crippen molar-refractivity contribution in [1.82, 2.24) is 10.3 Å². The lowest BCUT2D eigenvalue weighted by atomic mass is 10.2. The number of thiocarbonyl (C=S) groups is 1. The van der Waals surface area contributed by atoms with Crippen molar-refractivity contribution in [2.75, 3.05) is 5.32 Å². The first-order chi connectivity index (χ1) is 12.6. The van der Waals surface area contributed by atoms with Gasteiger partial charge in [0.05, 0.1) is 4.91 Å². The molecule has 1 fully saturated rings. The maximum Gasteiger partial charge on any atom is 0.263 e. The Morgan fingerprint density at radius 1 is 1.27 bits per heavy atom. The lowest BCUT2D eigenvalue weighted by molar-refractivity contribution is -0.115. The van der Waals surface area contributed by atoms with Crippen LogP contribution >= 0.6 is 24.0 Å². The molecular weight excluding hydrogens is 370 g/mol. The van der Waals surface area contributed by atoms with Crippen molar-refractivity contribution in [2.45, 2.75) is 0 Å². The molecule has 2 aromatic heterocycles. The van der Waals surface area contributed by atoms with E-state index in [-0.39, 0.29) is 11.8 Å². The van der Waals surface area contributed by atoms with Gasteiger partial charge in [-0.15, -0.1) is 0 Å². The summed E-state index contributed by atoms with van der Waals surface area (Å²) >= 11 is 6.14. The average Bonchev–Trinajstić information content (AvgIpc) is 3.17. The highest BCUT2D eigenvalue weighted by atomic mass is 32.2. The maximum atomic E-state index is 12.6. The van der Waals surface area contributed by atoms with Crippen LogP contribution in [-0.2, 0) is 4.79 Å². The molecule has 128 valence electrons. The number of carbonyl (C=O) groups is 2. The number of nitrogens with zero attached hydrogens (tertiary/aromatic N) is 1. The standard InChI is InChI=1S/C18H11N3O3S2/c22-16(20-11-4-2-1-3-5-11)13-9-19-8-10-6-12(24-15(10)13)7-14-17(23)21-18(25)26-14/h1-9H,(H,20,22)(H,21,23,25)/b14-7+. The van der Waals surface area contributed by atoms with Crippen LogP contribution in [0.2, 0.25) is 0 Å². The molecule has 1 saturated heterocycles. The molecule has 2 amide bonds. The maximum absolute atomic E-state index is 12.6. The second kappa shape index (κ2) is 6.74. The zero-order valence-electron chi connectivity index (χ0n) is 13.2. The van der Waals surface area contributed by atoms with E-state index < -0.39 is 0 Å². The smallest absolute Gasteiger partial charge is 0.263 e. The number of carbonyl (C=O) groups excluding carboxylic acids is 2. The number of furan rings is 1. The fourth-order valence-corrected chi connectivity index (χ4v) is 3.51. The molecule has 0 aliphatic carbocycles. The van der Waals surface area contributed by atoms with Crippen molar-refractivity contribution >= 4 is 62.8 Å². The number of aromatic nitrogens is 1. The SMILES string of the molecule is O=C1NC(=S)S/C1=C/c1cc2cncc(C(=O)Nc3ccccc3)c2o1. The summed E-state index contributed by atoms with van der Waals surface area (Å²) < 4.78 is 6.19. The zero-order valence-corrected chi connectivity index (χ0v) is 14.8. The third kappa shape index (κ3) is 3.24. The zero-order chi connectivity index (χ0) is 18.1. The molecule has 26 heavy (non-hydrogen) atoms. The number of para-hydroxylation sites is 1. The topological polar surface area (TPSA) is 84.2 Å². The molecule has 3 heterocycles. The first-order valence-corrected chi connectivity index (χ1v) is 8.81. The highest BCUT2D eigenvalue weighted by Crippen LogP contribution is 2.29. The van der Waals surface area contributed by atoms with Crippen molar-refractivity contribution in [3.05, 3.63) is 65.0 Å². The van der Waals surface area contributed by atoms with Gasteiger partial charge < -0.3 is 15.1 Å². The van der Waals surface area contributed by atoms with Gasteiger partial charge in [0.25, 0.3) is 11.8 Å². The van der Waals surface area contributed by atoms with E-state index in [1.807, 2.05) is 18.2 Å². The Kier molecular flexibility index (Phi) is 4.27. The number of rotatable bonds is 3. The van der Waals surface area contributed by atoms with E-state index in [1.54, 1.807) is 30.5 Å². The van der Waals surface area contributed by atoms with Crippen molar-refractivity contribution in [3.63, 3.8) is 0 Å². The van der Waals surface area contributed by atoms with E-state index in [2.05, 4.69) is 15.6 Å². The molecule has 0 spiro atoms. The Morgan fingerprint density at radius 2 is 2.08 bits per heavy atom. The second-order valence-electron chi connectivity index (χ2n) is 5.43. The van der Waals surface area contributed by atoms with Gasteiger partial charge in [0, 0.05) is 29.5 Å². The van der Waals surface area contributed by atoms with Crippen molar-refractivity contribution < 1.29 is 14.0 Å². The van der Waals surface area contributed by atoms with Gasteiger partial charge in [0.1, 0.15) is 15.6 Å². The van der Waals surface area contributed by atoms with Crippen LogP contribution in [0, 0.1) is 0 Å². The lowest BCUT2D eigenvalue weighted by Crippen LogP contribution is -2.17. The molecule has 0 saturated carbocycles. The fourth-order valence-electron chi connectivity index (χ4n) is 2.49. The molecular formula is C18H11N3O3S2. The minimum Gasteiger partial charge on any atom is -0.456 e. The van der Waals surface area contributed by atoms with Crippen LogP contribution in [0.1, 0.15) is 16.1 Å². The molecule has 0 bridgehead atoms. The van der Waals surface area contributed by atoms with Gasteiger partial charge in [-0.1, -0.05) is 42.2 Å². The van der Waals surface area contributed by atoms with Crippen LogP contribution < -0.4 is 10.6 Å². The summed E-state index contributed by atoms with van der Waals surface area (Å²) in [7, 11) is 0. The summed E-state index contributed by atoms with van der Waals surface area (Å²) in [6, 6.07) is 10.8. The van der Waals surface area contributed by atoms with Gasteiger partial charge in [-0.05, 0) is 18.2 Å². The van der Waals surface area contributed by atoms with Gasteiger partial charge in [-0.25, -0.2) is 0 Å². The number of fused-ring (bicyclic) bond motifs is 1. The molecule has 0 radical (unpaired) electrons. The van der Waals surface area contributed by atoms with Crippen LogP contribution in [0.3, 0.4) is 0 Å². The highest BCUT2D eigenvalue weighted by Gasteiger charge is 2.23. The first-order valence-electron chi connectivity index (χ1n) is 7.59. The molecule has 1 aliphatic rings. The third-order valence-corrected chi connectivity index (χ3v) is 4.80. The molecule has 0 atom stereocenters. The number of benzene rings is 1. The van der Waals surface area contributed by atoms with E-state index in [1.165, 1.54) is 18.0 Å². The fraction of sp³-hybridized carbons (Fsp3) is 0. The van der Waals surface area contributed by atoms with Crippen LogP contribution in [0.15, 0.2) is 58.1 Å². The third-order valence-electron chi connectivity index (χ3n) is 3.63. The van der Waals surface area contributed by atoms with Gasteiger partial charge in [-0.2, -0.15) is 0 Å². The summed E-state index contributed by atoms with van der Waals surface area (Å²) in [5.41, 5.74) is 1.40. The van der Waals surface area contributed by atoms with E-state index in [0.717, 1.165) is 0 Å². The van der Waals surface area contributed by atoms with Crippen LogP contribution in [0.4, 0.5) is 5.69 Å². The number of thioether (sulfide) groups is 1. The number of amides is 2. The predicted molar refractivity (Wildman–Crippen MR) is 105 cm³/mol. The number of hydrogen-bond acceptors (Lipinski definition) is 6. The van der Waals surface area contributed by atoms with Gasteiger partial charge in [0.2, 0.25) is 0 Å². The van der Waals surface area contributed by atoms with E-state index >= 15 is 0 Å². The number of anilines is 1. The Hall–Kier alpha value is -2.97. The molecule has 0 unspecified atom stereocenters. The summed E-state index contributed by atoms with van der Waals surface area (Å²) in [5, 5.41) is 6.02. The summed E-state index contributed by atoms with van der Waals surface area (Å²) in [4.78, 5) is 28.9. The summed E-state index contributed by atoms with van der Waals surface area (Å²) in [6.45, 7) is 0. The van der Waals surface area contributed by atoms with Crippen molar-refractivity contribution in [2.24, 2.45) is 0 Å². The Labute approximate surface area is 157 Å². The van der Waals surface area contributed by atoms with Crippen molar-refractivity contribution in [3.8, 4) is 0 Å². The molecule has 1 aliphatic heterocycles. The van der Waals surface area contributed by atoms with Crippen LogP contribution in [-0.4, -0.2) is 21.1 Å². The van der Waals surface area contributed by atoms with Crippen LogP contribution in [0.25, 0.3) is 17.0 Å². The number of nitrogens with one attached hydrogen (secondary N) is 2. The molecule has 1 aromatic carbocycles. The monoisotopic (exact) mass is 381 g/mol. The predicted octanol–water partition coefficient (Wildman–Crippen LogP) is 3.57. The van der Waals surface area contributed by atoms with Gasteiger partial charge in [-0.3, -0.25) is 14.6 Å². The first kappa shape index (κ1) is 16.5.